The van der Waals surface area contributed by atoms with Crippen LogP contribution in [0.4, 0.5) is 15.6 Å². The van der Waals surface area contributed by atoms with Gasteiger partial charge in [-0.1, -0.05) is 32.0 Å². The molecular weight excluding hydrogens is 326 g/mol. The number of amides is 2. The number of hydrogen-bond acceptors (Lipinski definition) is 5. The third-order valence-electron chi connectivity index (χ3n) is 3.23. The Morgan fingerprint density at radius 2 is 2.00 bits per heavy atom. The van der Waals surface area contributed by atoms with Gasteiger partial charge in [-0.3, -0.25) is 10.1 Å². The zero-order valence-corrected chi connectivity index (χ0v) is 14.8. The van der Waals surface area contributed by atoms with Crippen LogP contribution >= 0.6 is 11.3 Å². The van der Waals surface area contributed by atoms with Gasteiger partial charge in [0, 0.05) is 11.1 Å². The van der Waals surface area contributed by atoms with Crippen molar-refractivity contribution in [1.82, 2.24) is 4.98 Å². The fourth-order valence-electron chi connectivity index (χ4n) is 2.17. The van der Waals surface area contributed by atoms with Crippen LogP contribution in [0.3, 0.4) is 0 Å². The van der Waals surface area contributed by atoms with Crippen molar-refractivity contribution in [2.24, 2.45) is 0 Å². The lowest BCUT2D eigenvalue weighted by molar-refractivity contribution is -0.115. The Labute approximate surface area is 145 Å². The van der Waals surface area contributed by atoms with Crippen LogP contribution in [0.5, 0.6) is 0 Å². The molecule has 128 valence electrons. The number of thiazole rings is 1. The molecule has 7 heteroatoms. The third kappa shape index (κ3) is 5.06. The fraction of sp³-hybridized carbons (Fsp3) is 0.353. The minimum atomic E-state index is -0.547. The van der Waals surface area contributed by atoms with Crippen LogP contribution in [0.25, 0.3) is 0 Å². The number of ether oxygens (including phenoxy) is 1. The number of anilines is 2. The predicted molar refractivity (Wildman–Crippen MR) is 95.6 cm³/mol. The van der Waals surface area contributed by atoms with Gasteiger partial charge in [-0.05, 0) is 24.5 Å². The van der Waals surface area contributed by atoms with Crippen LogP contribution in [0, 0.1) is 0 Å². The van der Waals surface area contributed by atoms with Gasteiger partial charge in [-0.15, -0.1) is 11.3 Å². The highest BCUT2D eigenvalue weighted by molar-refractivity contribution is 7.13. The first-order chi connectivity index (χ1) is 11.5. The van der Waals surface area contributed by atoms with Crippen molar-refractivity contribution in [3.8, 4) is 0 Å². The average Bonchev–Trinajstić information content (AvgIpc) is 2.94. The zero-order valence-electron chi connectivity index (χ0n) is 14.0. The van der Waals surface area contributed by atoms with Crippen molar-refractivity contribution < 1.29 is 14.3 Å². The molecule has 24 heavy (non-hydrogen) atoms. The summed E-state index contributed by atoms with van der Waals surface area (Å²) in [4.78, 5) is 27.8. The predicted octanol–water partition coefficient (Wildman–Crippen LogP) is 4.02. The van der Waals surface area contributed by atoms with Gasteiger partial charge >= 0.3 is 6.09 Å². The summed E-state index contributed by atoms with van der Waals surface area (Å²) in [7, 11) is 0. The molecule has 0 aliphatic heterocycles. The van der Waals surface area contributed by atoms with Crippen molar-refractivity contribution in [2.45, 2.75) is 33.1 Å². The monoisotopic (exact) mass is 347 g/mol. The molecule has 1 heterocycles. The molecule has 0 aliphatic rings. The summed E-state index contributed by atoms with van der Waals surface area (Å²) in [6.07, 6.45) is -0.401. The summed E-state index contributed by atoms with van der Waals surface area (Å²) in [6.45, 7) is 6.19. The molecule has 0 atom stereocenters. The molecular formula is C17H21N3O3S. The molecule has 2 rings (SSSR count). The third-order valence-corrected chi connectivity index (χ3v) is 4.04. The number of hydrogen-bond donors (Lipinski definition) is 2. The summed E-state index contributed by atoms with van der Waals surface area (Å²) in [5.41, 5.74) is 2.51. The second-order valence-electron chi connectivity index (χ2n) is 5.46. The van der Waals surface area contributed by atoms with Gasteiger partial charge in [0.1, 0.15) is 0 Å². The molecule has 0 fully saturated rings. The van der Waals surface area contributed by atoms with Crippen molar-refractivity contribution in [3.63, 3.8) is 0 Å². The number of para-hydroxylation sites is 1. The minimum absolute atomic E-state index is 0.143. The number of aromatic nitrogens is 1. The van der Waals surface area contributed by atoms with Gasteiger partial charge in [-0.2, -0.15) is 0 Å². The van der Waals surface area contributed by atoms with E-state index in [0.29, 0.717) is 23.4 Å². The molecule has 2 amide bonds. The molecule has 0 saturated heterocycles. The zero-order chi connectivity index (χ0) is 17.5. The first kappa shape index (κ1) is 17.9. The van der Waals surface area contributed by atoms with Gasteiger partial charge in [0.2, 0.25) is 5.91 Å². The molecule has 1 aromatic carbocycles. The van der Waals surface area contributed by atoms with E-state index in [0.717, 1.165) is 11.3 Å². The highest BCUT2D eigenvalue weighted by Crippen LogP contribution is 2.24. The molecule has 2 N–H and O–H groups in total. The van der Waals surface area contributed by atoms with Gasteiger partial charge in [-0.25, -0.2) is 9.78 Å². The summed E-state index contributed by atoms with van der Waals surface area (Å²) in [5, 5.41) is 7.61. The Hall–Kier alpha value is -2.41. The van der Waals surface area contributed by atoms with E-state index < -0.39 is 6.09 Å². The number of nitrogens with one attached hydrogen (secondary N) is 2. The highest BCUT2D eigenvalue weighted by Gasteiger charge is 2.12. The summed E-state index contributed by atoms with van der Waals surface area (Å²) in [5.74, 6) is 0.178. The standard InChI is InChI=1S/C17H21N3O3S/c1-4-23-17(22)20-16-18-12(10-24-16)9-15(21)19-14-8-6-5-7-13(14)11(2)3/h5-8,10-11H,4,9H2,1-3H3,(H,19,21)(H,18,20,22). The second-order valence-corrected chi connectivity index (χ2v) is 6.31. The topological polar surface area (TPSA) is 80.3 Å². The van der Waals surface area contributed by atoms with E-state index in [2.05, 4.69) is 29.5 Å². The van der Waals surface area contributed by atoms with Crippen molar-refractivity contribution in [1.29, 1.82) is 0 Å². The van der Waals surface area contributed by atoms with Crippen LogP contribution in [0.2, 0.25) is 0 Å². The maximum absolute atomic E-state index is 12.2. The average molecular weight is 347 g/mol. The molecule has 0 aliphatic carbocycles. The fourth-order valence-corrected chi connectivity index (χ4v) is 2.87. The molecule has 0 saturated carbocycles. The Morgan fingerprint density at radius 1 is 1.25 bits per heavy atom. The van der Waals surface area contributed by atoms with Crippen LogP contribution < -0.4 is 10.6 Å². The number of carbonyl (C=O) groups excluding carboxylic acids is 2. The van der Waals surface area contributed by atoms with Gasteiger partial charge in [0.05, 0.1) is 18.7 Å². The smallest absolute Gasteiger partial charge is 0.413 e. The quantitative estimate of drug-likeness (QED) is 0.827. The summed E-state index contributed by atoms with van der Waals surface area (Å²) in [6, 6.07) is 7.75. The van der Waals surface area contributed by atoms with E-state index in [4.69, 9.17) is 4.74 Å². The Kier molecular flexibility index (Phi) is 6.31. The maximum Gasteiger partial charge on any atom is 0.413 e. The van der Waals surface area contributed by atoms with Gasteiger partial charge < -0.3 is 10.1 Å². The number of rotatable bonds is 6. The van der Waals surface area contributed by atoms with Crippen molar-refractivity contribution >= 4 is 34.2 Å². The molecule has 0 radical (unpaired) electrons. The largest absolute Gasteiger partial charge is 0.450 e. The molecule has 2 aromatic rings. The van der Waals surface area contributed by atoms with Gasteiger partial charge in [0.15, 0.2) is 5.13 Å². The lowest BCUT2D eigenvalue weighted by Crippen LogP contribution is -2.16. The molecule has 1 aromatic heterocycles. The SMILES string of the molecule is CCOC(=O)Nc1nc(CC(=O)Nc2ccccc2C(C)C)cs1. The van der Waals surface area contributed by atoms with E-state index in [1.807, 2.05) is 24.3 Å². The summed E-state index contributed by atoms with van der Waals surface area (Å²) < 4.78 is 4.79. The van der Waals surface area contributed by atoms with E-state index in [1.54, 1.807) is 12.3 Å². The lowest BCUT2D eigenvalue weighted by atomic mass is 10.0. The Bertz CT molecular complexity index is 713. The van der Waals surface area contributed by atoms with Crippen molar-refractivity contribution in [3.05, 3.63) is 40.9 Å². The first-order valence-corrected chi connectivity index (χ1v) is 8.64. The van der Waals surface area contributed by atoms with E-state index in [9.17, 15) is 9.59 Å². The van der Waals surface area contributed by atoms with Crippen molar-refractivity contribution in [2.75, 3.05) is 17.2 Å². The maximum atomic E-state index is 12.2. The summed E-state index contributed by atoms with van der Waals surface area (Å²) >= 11 is 1.26. The number of nitrogens with zero attached hydrogens (tertiary/aromatic N) is 1. The van der Waals surface area contributed by atoms with E-state index >= 15 is 0 Å². The van der Waals surface area contributed by atoms with Crippen LogP contribution in [-0.2, 0) is 16.0 Å². The molecule has 0 spiro atoms. The van der Waals surface area contributed by atoms with Crippen LogP contribution in [-0.4, -0.2) is 23.6 Å². The number of carbonyl (C=O) groups is 2. The molecule has 6 nitrogen and oxygen atoms in total. The highest BCUT2D eigenvalue weighted by atomic mass is 32.1. The lowest BCUT2D eigenvalue weighted by Gasteiger charge is -2.13. The Balaban J connectivity index is 1.96. The van der Waals surface area contributed by atoms with Crippen LogP contribution in [0.1, 0.15) is 37.9 Å². The van der Waals surface area contributed by atoms with E-state index in [1.165, 1.54) is 11.3 Å². The molecule has 0 bridgehead atoms. The Morgan fingerprint density at radius 3 is 2.71 bits per heavy atom. The first-order valence-electron chi connectivity index (χ1n) is 7.76. The number of benzene rings is 1. The normalized spacial score (nSPS) is 10.5. The van der Waals surface area contributed by atoms with Gasteiger partial charge in [0.25, 0.3) is 0 Å². The second kappa shape index (κ2) is 8.44. The molecule has 0 unspecified atom stereocenters. The minimum Gasteiger partial charge on any atom is -0.450 e. The van der Waals surface area contributed by atoms with E-state index in [-0.39, 0.29) is 12.3 Å². The van der Waals surface area contributed by atoms with Crippen LogP contribution in [0.15, 0.2) is 29.6 Å².